The molecule has 2 rings (SSSR count). The lowest BCUT2D eigenvalue weighted by Crippen LogP contribution is -2.23. The SMILES string of the molecule is CNC(/N=C(/Oc1cccc(OC(F)(F)F)c1)C(C)Cc1ccc(Cl)cc1)=C(/C)C=O. The minimum absolute atomic E-state index is 0.114. The molecule has 1 atom stereocenters. The number of nitrogens with zero attached hydrogens (tertiary/aromatic N) is 1. The van der Waals surface area contributed by atoms with E-state index in [0.29, 0.717) is 23.3 Å². The highest BCUT2D eigenvalue weighted by molar-refractivity contribution is 6.30. The largest absolute Gasteiger partial charge is 0.573 e. The number of aliphatic imine (C=N–C) groups is 1. The van der Waals surface area contributed by atoms with Crippen molar-refractivity contribution in [3.8, 4) is 11.5 Å². The number of hydrogen-bond acceptors (Lipinski definition) is 5. The average Bonchev–Trinajstić information content (AvgIpc) is 2.71. The number of allylic oxidation sites excluding steroid dienone is 1. The van der Waals surface area contributed by atoms with Gasteiger partial charge >= 0.3 is 6.36 Å². The molecule has 9 heteroatoms. The van der Waals surface area contributed by atoms with Gasteiger partial charge in [-0.15, -0.1) is 13.2 Å². The quantitative estimate of drug-likeness (QED) is 0.246. The Bertz CT molecular complexity index is 957. The van der Waals surface area contributed by atoms with E-state index in [1.807, 2.05) is 19.1 Å². The van der Waals surface area contributed by atoms with Crippen molar-refractivity contribution in [2.75, 3.05) is 7.05 Å². The number of ether oxygens (including phenoxy) is 2. The summed E-state index contributed by atoms with van der Waals surface area (Å²) in [5.74, 6) is -0.0812. The minimum Gasteiger partial charge on any atom is -0.442 e. The number of hydrogen-bond donors (Lipinski definition) is 1. The molecule has 0 heterocycles. The molecule has 0 fully saturated rings. The van der Waals surface area contributed by atoms with E-state index >= 15 is 0 Å². The molecule has 0 aromatic heterocycles. The Labute approximate surface area is 183 Å². The number of carbonyl (C=O) groups excluding carboxylic acids is 1. The fourth-order valence-corrected chi connectivity index (χ4v) is 2.78. The van der Waals surface area contributed by atoms with Crippen LogP contribution in [0, 0.1) is 5.92 Å². The van der Waals surface area contributed by atoms with Crippen molar-refractivity contribution in [1.29, 1.82) is 0 Å². The van der Waals surface area contributed by atoms with E-state index in [4.69, 9.17) is 16.3 Å². The number of halogens is 4. The van der Waals surface area contributed by atoms with Gasteiger partial charge in [0.25, 0.3) is 0 Å². The van der Waals surface area contributed by atoms with E-state index in [1.54, 1.807) is 26.1 Å². The van der Waals surface area contributed by atoms with Gasteiger partial charge in [-0.05, 0) is 43.2 Å². The summed E-state index contributed by atoms with van der Waals surface area (Å²) in [6.45, 7) is 3.44. The van der Waals surface area contributed by atoms with Gasteiger partial charge in [0.2, 0.25) is 0 Å². The summed E-state index contributed by atoms with van der Waals surface area (Å²) < 4.78 is 47.4. The van der Waals surface area contributed by atoms with Gasteiger partial charge in [0.05, 0.1) is 0 Å². The molecule has 1 N–H and O–H groups in total. The number of nitrogens with one attached hydrogen (secondary N) is 1. The van der Waals surface area contributed by atoms with Crippen molar-refractivity contribution in [2.24, 2.45) is 10.9 Å². The number of rotatable bonds is 8. The summed E-state index contributed by atoms with van der Waals surface area (Å²) in [6, 6.07) is 12.4. The first-order valence-corrected chi connectivity index (χ1v) is 9.69. The third-order valence-corrected chi connectivity index (χ3v) is 4.40. The highest BCUT2D eigenvalue weighted by Crippen LogP contribution is 2.27. The van der Waals surface area contributed by atoms with Crippen LogP contribution in [0.15, 0.2) is 64.9 Å². The van der Waals surface area contributed by atoms with Crippen LogP contribution < -0.4 is 14.8 Å². The first-order valence-electron chi connectivity index (χ1n) is 9.31. The molecule has 5 nitrogen and oxygen atoms in total. The summed E-state index contributed by atoms with van der Waals surface area (Å²) in [5.41, 5.74) is 1.31. The maximum atomic E-state index is 12.5. The number of benzene rings is 2. The van der Waals surface area contributed by atoms with Crippen molar-refractivity contribution < 1.29 is 27.4 Å². The number of carbonyl (C=O) groups is 1. The van der Waals surface area contributed by atoms with E-state index in [0.717, 1.165) is 11.6 Å². The van der Waals surface area contributed by atoms with E-state index in [1.165, 1.54) is 18.2 Å². The standard InChI is InChI=1S/C22H22ClF3N2O3/c1-14(11-16-7-9-17(23)10-8-16)21(28-20(27-3)15(2)13-29)30-18-5-4-6-19(12-18)31-22(24,25)26/h4-10,12-14,27H,11H2,1-3H3/b20-15+,28-21+. The zero-order valence-corrected chi connectivity index (χ0v) is 17.9. The molecule has 0 amide bonds. The van der Waals surface area contributed by atoms with Crippen molar-refractivity contribution in [3.63, 3.8) is 0 Å². The van der Waals surface area contributed by atoms with Crippen molar-refractivity contribution in [1.82, 2.24) is 5.32 Å². The predicted molar refractivity (Wildman–Crippen MR) is 113 cm³/mol. The Morgan fingerprint density at radius 1 is 1.19 bits per heavy atom. The second-order valence-corrected chi connectivity index (χ2v) is 7.14. The lowest BCUT2D eigenvalue weighted by Gasteiger charge is -2.18. The Morgan fingerprint density at radius 2 is 1.84 bits per heavy atom. The third-order valence-electron chi connectivity index (χ3n) is 4.15. The zero-order valence-electron chi connectivity index (χ0n) is 17.2. The smallest absolute Gasteiger partial charge is 0.442 e. The van der Waals surface area contributed by atoms with Crippen LogP contribution in [0.2, 0.25) is 5.02 Å². The molecule has 0 saturated carbocycles. The highest BCUT2D eigenvalue weighted by atomic mass is 35.5. The van der Waals surface area contributed by atoms with Gasteiger partial charge in [0.1, 0.15) is 23.6 Å². The topological polar surface area (TPSA) is 59.9 Å². The molecule has 2 aromatic rings. The zero-order chi connectivity index (χ0) is 23.0. The Balaban J connectivity index is 2.36. The molecular weight excluding hydrogens is 433 g/mol. The molecule has 0 aliphatic carbocycles. The lowest BCUT2D eigenvalue weighted by molar-refractivity contribution is -0.274. The first kappa shape index (κ1) is 24.3. The van der Waals surface area contributed by atoms with E-state index in [-0.39, 0.29) is 23.4 Å². The van der Waals surface area contributed by atoms with Crippen LogP contribution in [0.3, 0.4) is 0 Å². The first-order chi connectivity index (χ1) is 14.6. The summed E-state index contributed by atoms with van der Waals surface area (Å²) in [7, 11) is 1.60. The van der Waals surface area contributed by atoms with E-state index in [9.17, 15) is 18.0 Å². The number of aldehydes is 1. The molecule has 0 aliphatic heterocycles. The lowest BCUT2D eigenvalue weighted by atomic mass is 10.0. The van der Waals surface area contributed by atoms with E-state index < -0.39 is 12.1 Å². The Morgan fingerprint density at radius 3 is 2.42 bits per heavy atom. The van der Waals surface area contributed by atoms with Crippen LogP contribution in [-0.2, 0) is 11.2 Å². The van der Waals surface area contributed by atoms with Crippen molar-refractivity contribution in [3.05, 3.63) is 70.5 Å². The monoisotopic (exact) mass is 454 g/mol. The van der Waals surface area contributed by atoms with Crippen LogP contribution in [0.4, 0.5) is 13.2 Å². The van der Waals surface area contributed by atoms with Gasteiger partial charge in [-0.25, -0.2) is 0 Å². The molecule has 31 heavy (non-hydrogen) atoms. The summed E-state index contributed by atoms with van der Waals surface area (Å²) in [5, 5.41) is 3.43. The molecule has 0 bridgehead atoms. The van der Waals surface area contributed by atoms with Gasteiger partial charge in [-0.3, -0.25) is 4.79 Å². The van der Waals surface area contributed by atoms with Gasteiger partial charge in [-0.2, -0.15) is 4.99 Å². The fraction of sp³-hybridized carbons (Fsp3) is 0.273. The minimum atomic E-state index is -4.82. The average molecular weight is 455 g/mol. The normalized spacial score (nSPS) is 13.8. The molecule has 2 aromatic carbocycles. The fourth-order valence-electron chi connectivity index (χ4n) is 2.66. The van der Waals surface area contributed by atoms with Crippen LogP contribution >= 0.6 is 11.6 Å². The molecule has 0 saturated heterocycles. The summed E-state index contributed by atoms with van der Waals surface area (Å²) in [4.78, 5) is 15.6. The van der Waals surface area contributed by atoms with Crippen LogP contribution in [0.5, 0.6) is 11.5 Å². The van der Waals surface area contributed by atoms with Crippen molar-refractivity contribution >= 4 is 23.8 Å². The summed E-state index contributed by atoms with van der Waals surface area (Å²) >= 11 is 5.93. The molecule has 1 unspecified atom stereocenters. The Hall–Kier alpha value is -3.00. The van der Waals surface area contributed by atoms with Gasteiger partial charge < -0.3 is 14.8 Å². The predicted octanol–water partition coefficient (Wildman–Crippen LogP) is 5.54. The molecule has 0 spiro atoms. The van der Waals surface area contributed by atoms with Crippen LogP contribution in [0.25, 0.3) is 0 Å². The molecular formula is C22H22ClF3N2O3. The van der Waals surface area contributed by atoms with Gasteiger partial charge in [0.15, 0.2) is 5.90 Å². The summed E-state index contributed by atoms with van der Waals surface area (Å²) in [6.07, 6.45) is -3.65. The molecule has 0 aliphatic rings. The third kappa shape index (κ3) is 7.97. The van der Waals surface area contributed by atoms with Crippen LogP contribution in [0.1, 0.15) is 19.4 Å². The molecule has 0 radical (unpaired) electrons. The van der Waals surface area contributed by atoms with E-state index in [2.05, 4.69) is 15.0 Å². The Kier molecular flexibility index (Phi) is 8.50. The van der Waals surface area contributed by atoms with Crippen molar-refractivity contribution in [2.45, 2.75) is 26.6 Å². The second kappa shape index (κ2) is 10.9. The number of alkyl halides is 3. The maximum Gasteiger partial charge on any atom is 0.573 e. The highest BCUT2D eigenvalue weighted by Gasteiger charge is 2.31. The second-order valence-electron chi connectivity index (χ2n) is 6.71. The van der Waals surface area contributed by atoms with Crippen LogP contribution in [-0.4, -0.2) is 25.6 Å². The van der Waals surface area contributed by atoms with Gasteiger partial charge in [-0.1, -0.05) is 36.7 Å². The molecule has 166 valence electrons. The maximum absolute atomic E-state index is 12.5. The van der Waals surface area contributed by atoms with Gasteiger partial charge in [0, 0.05) is 29.6 Å².